The average Bonchev–Trinajstić information content (AvgIpc) is 3.08. The third-order valence-corrected chi connectivity index (χ3v) is 3.86. The molecule has 2 rings (SSSR count). The van der Waals surface area contributed by atoms with Gasteiger partial charge in [-0.3, -0.25) is 4.79 Å². The van der Waals surface area contributed by atoms with Crippen molar-refractivity contribution < 1.29 is 9.90 Å². The van der Waals surface area contributed by atoms with E-state index in [-0.39, 0.29) is 12.3 Å². The van der Waals surface area contributed by atoms with Crippen LogP contribution in [-0.2, 0) is 11.2 Å². The molecule has 1 atom stereocenters. The second kappa shape index (κ2) is 5.21. The lowest BCUT2D eigenvalue weighted by Gasteiger charge is -2.16. The van der Waals surface area contributed by atoms with Crippen molar-refractivity contribution in [2.45, 2.75) is 38.5 Å². The van der Waals surface area contributed by atoms with E-state index in [0.29, 0.717) is 5.92 Å². The van der Waals surface area contributed by atoms with E-state index in [2.05, 4.69) is 41.1 Å². The highest BCUT2D eigenvalue weighted by molar-refractivity contribution is 9.10. The van der Waals surface area contributed by atoms with Crippen LogP contribution < -0.4 is 0 Å². The highest BCUT2D eigenvalue weighted by atomic mass is 79.9. The van der Waals surface area contributed by atoms with E-state index in [1.54, 1.807) is 0 Å². The Kier molecular flexibility index (Phi) is 3.87. The van der Waals surface area contributed by atoms with Crippen molar-refractivity contribution in [1.29, 1.82) is 0 Å². The van der Waals surface area contributed by atoms with Crippen LogP contribution in [-0.4, -0.2) is 11.1 Å². The minimum atomic E-state index is -0.695. The Balaban J connectivity index is 2.28. The van der Waals surface area contributed by atoms with Gasteiger partial charge in [-0.1, -0.05) is 28.9 Å². The fourth-order valence-electron chi connectivity index (χ4n) is 2.34. The van der Waals surface area contributed by atoms with Gasteiger partial charge in [0.05, 0.1) is 6.42 Å². The Morgan fingerprint density at radius 3 is 2.71 bits per heavy atom. The van der Waals surface area contributed by atoms with E-state index < -0.39 is 5.97 Å². The zero-order valence-corrected chi connectivity index (χ0v) is 11.5. The fraction of sp³-hybridized carbons (Fsp3) is 0.500. The topological polar surface area (TPSA) is 37.3 Å². The molecule has 1 N–H and O–H groups in total. The van der Waals surface area contributed by atoms with Crippen LogP contribution in [0, 0.1) is 5.92 Å². The maximum Gasteiger partial charge on any atom is 0.303 e. The number of halogens is 1. The molecule has 0 radical (unpaired) electrons. The Morgan fingerprint density at radius 1 is 1.47 bits per heavy atom. The molecule has 0 saturated heterocycles. The molecule has 0 aliphatic heterocycles. The van der Waals surface area contributed by atoms with Crippen molar-refractivity contribution >= 4 is 21.9 Å². The molecule has 0 bridgehead atoms. The molecule has 1 aliphatic rings. The van der Waals surface area contributed by atoms with E-state index in [1.165, 1.54) is 24.0 Å². The number of carbonyl (C=O) groups is 1. The van der Waals surface area contributed by atoms with Gasteiger partial charge in [0, 0.05) is 4.47 Å². The maximum absolute atomic E-state index is 10.9. The molecule has 0 amide bonds. The second-order valence-corrected chi connectivity index (χ2v) is 5.70. The molecule has 1 fully saturated rings. The summed E-state index contributed by atoms with van der Waals surface area (Å²) in [7, 11) is 0. The van der Waals surface area contributed by atoms with Gasteiger partial charge < -0.3 is 5.11 Å². The van der Waals surface area contributed by atoms with Gasteiger partial charge in [0.15, 0.2) is 0 Å². The monoisotopic (exact) mass is 296 g/mol. The van der Waals surface area contributed by atoms with Crippen LogP contribution in [0.15, 0.2) is 22.7 Å². The number of benzene rings is 1. The van der Waals surface area contributed by atoms with Gasteiger partial charge >= 0.3 is 5.97 Å². The molecule has 1 saturated carbocycles. The summed E-state index contributed by atoms with van der Waals surface area (Å²) in [6.45, 7) is 2.12. The molecule has 3 heteroatoms. The summed E-state index contributed by atoms with van der Waals surface area (Å²) < 4.78 is 1.06. The summed E-state index contributed by atoms with van der Waals surface area (Å²) >= 11 is 3.51. The highest BCUT2D eigenvalue weighted by Gasteiger charge is 2.33. The summed E-state index contributed by atoms with van der Waals surface area (Å²) in [5.74, 6) is 0.0698. The first-order valence-electron chi connectivity index (χ1n) is 6.11. The predicted molar refractivity (Wildman–Crippen MR) is 71.2 cm³/mol. The first kappa shape index (κ1) is 12.6. The van der Waals surface area contributed by atoms with Gasteiger partial charge in [0.1, 0.15) is 0 Å². The SMILES string of the molecule is CCc1cc(Br)cc(C(CC(=O)O)C2CC2)c1. The lowest BCUT2D eigenvalue weighted by molar-refractivity contribution is -0.137. The lowest BCUT2D eigenvalue weighted by Crippen LogP contribution is -2.08. The quantitative estimate of drug-likeness (QED) is 0.892. The Bertz CT molecular complexity index is 424. The Morgan fingerprint density at radius 2 is 2.18 bits per heavy atom. The minimum absolute atomic E-state index is 0.190. The zero-order chi connectivity index (χ0) is 12.4. The number of carboxylic acids is 1. The van der Waals surface area contributed by atoms with E-state index in [1.807, 2.05) is 0 Å². The van der Waals surface area contributed by atoms with Crippen molar-refractivity contribution in [3.63, 3.8) is 0 Å². The summed E-state index contributed by atoms with van der Waals surface area (Å²) in [5, 5.41) is 9.01. The first-order chi connectivity index (χ1) is 8.10. The van der Waals surface area contributed by atoms with Crippen LogP contribution in [0.4, 0.5) is 0 Å². The average molecular weight is 297 g/mol. The van der Waals surface area contributed by atoms with Gasteiger partial charge in [0.25, 0.3) is 0 Å². The molecule has 1 aromatic carbocycles. The third kappa shape index (κ3) is 3.32. The van der Waals surface area contributed by atoms with Gasteiger partial charge in [-0.2, -0.15) is 0 Å². The van der Waals surface area contributed by atoms with E-state index >= 15 is 0 Å². The van der Waals surface area contributed by atoms with Crippen LogP contribution >= 0.6 is 15.9 Å². The molecule has 0 spiro atoms. The van der Waals surface area contributed by atoms with Crippen molar-refractivity contribution in [2.75, 3.05) is 0 Å². The molecule has 1 aromatic rings. The molecular formula is C14H17BrO2. The third-order valence-electron chi connectivity index (χ3n) is 3.40. The van der Waals surface area contributed by atoms with Crippen molar-refractivity contribution in [3.8, 4) is 0 Å². The number of hydrogen-bond acceptors (Lipinski definition) is 1. The maximum atomic E-state index is 10.9. The van der Waals surface area contributed by atoms with Gasteiger partial charge in [-0.25, -0.2) is 0 Å². The number of aryl methyl sites for hydroxylation is 1. The molecular weight excluding hydrogens is 280 g/mol. The number of aliphatic carboxylic acids is 1. The van der Waals surface area contributed by atoms with E-state index in [9.17, 15) is 4.79 Å². The minimum Gasteiger partial charge on any atom is -0.481 e. The molecule has 17 heavy (non-hydrogen) atoms. The predicted octanol–water partition coefficient (Wildman–Crippen LogP) is 3.98. The van der Waals surface area contributed by atoms with E-state index in [4.69, 9.17) is 5.11 Å². The Labute approximate surface area is 110 Å². The largest absolute Gasteiger partial charge is 0.481 e. The zero-order valence-electron chi connectivity index (χ0n) is 9.95. The van der Waals surface area contributed by atoms with Crippen LogP contribution in [0.2, 0.25) is 0 Å². The van der Waals surface area contributed by atoms with Crippen molar-refractivity contribution in [3.05, 3.63) is 33.8 Å². The van der Waals surface area contributed by atoms with Crippen molar-refractivity contribution in [1.82, 2.24) is 0 Å². The molecule has 0 heterocycles. The first-order valence-corrected chi connectivity index (χ1v) is 6.90. The summed E-state index contributed by atoms with van der Waals surface area (Å²) in [4.78, 5) is 10.9. The molecule has 0 aromatic heterocycles. The standard InChI is InChI=1S/C14H17BrO2/c1-2-9-5-11(7-12(15)6-9)13(8-14(16)17)10-3-4-10/h5-7,10,13H,2-4,8H2,1H3,(H,16,17). The summed E-state index contributed by atoms with van der Waals surface area (Å²) in [5.41, 5.74) is 2.45. The highest BCUT2D eigenvalue weighted by Crippen LogP contribution is 2.45. The molecule has 2 nitrogen and oxygen atoms in total. The van der Waals surface area contributed by atoms with E-state index in [0.717, 1.165) is 10.9 Å². The summed E-state index contributed by atoms with van der Waals surface area (Å²) in [6.07, 6.45) is 3.58. The Hall–Kier alpha value is -0.830. The smallest absolute Gasteiger partial charge is 0.303 e. The van der Waals surface area contributed by atoms with Gasteiger partial charge in [0.2, 0.25) is 0 Å². The van der Waals surface area contributed by atoms with Gasteiger partial charge in [-0.15, -0.1) is 0 Å². The second-order valence-electron chi connectivity index (χ2n) is 4.79. The molecule has 1 aliphatic carbocycles. The van der Waals surface area contributed by atoms with Crippen molar-refractivity contribution in [2.24, 2.45) is 5.92 Å². The van der Waals surface area contributed by atoms with Crippen LogP contribution in [0.5, 0.6) is 0 Å². The normalized spacial score (nSPS) is 16.8. The summed E-state index contributed by atoms with van der Waals surface area (Å²) in [6, 6.07) is 6.34. The van der Waals surface area contributed by atoms with Crippen LogP contribution in [0.1, 0.15) is 43.2 Å². The number of carboxylic acid groups (broad SMARTS) is 1. The van der Waals surface area contributed by atoms with Crippen LogP contribution in [0.3, 0.4) is 0 Å². The van der Waals surface area contributed by atoms with Crippen LogP contribution in [0.25, 0.3) is 0 Å². The fourth-order valence-corrected chi connectivity index (χ4v) is 2.90. The number of rotatable bonds is 5. The molecule has 92 valence electrons. The number of hydrogen-bond donors (Lipinski definition) is 1. The van der Waals surface area contributed by atoms with Gasteiger partial charge in [-0.05, 0) is 54.4 Å². The lowest BCUT2D eigenvalue weighted by atomic mass is 9.90. The molecule has 1 unspecified atom stereocenters.